The van der Waals surface area contributed by atoms with Crippen LogP contribution in [0.3, 0.4) is 0 Å². The Bertz CT molecular complexity index is 863. The van der Waals surface area contributed by atoms with E-state index in [9.17, 15) is 0 Å². The third-order valence-corrected chi connectivity index (χ3v) is 4.30. The molecule has 0 amide bonds. The number of halogens is 1. The molecule has 0 unspecified atom stereocenters. The number of rotatable bonds is 1. The van der Waals surface area contributed by atoms with Crippen molar-refractivity contribution in [2.45, 2.75) is 0 Å². The first-order valence-electron chi connectivity index (χ1n) is 5.66. The zero-order valence-electron chi connectivity index (χ0n) is 9.62. The zero-order chi connectivity index (χ0) is 12.8. The Kier molecular flexibility index (Phi) is 2.30. The van der Waals surface area contributed by atoms with Crippen LogP contribution in [0.5, 0.6) is 0 Å². The first-order chi connectivity index (χ1) is 9.33. The Labute approximate surface area is 117 Å². The molecule has 0 fully saturated rings. The van der Waals surface area contributed by atoms with Gasteiger partial charge in [0.2, 0.25) is 0 Å². The van der Waals surface area contributed by atoms with Gasteiger partial charge in [-0.3, -0.25) is 9.38 Å². The van der Waals surface area contributed by atoms with E-state index < -0.39 is 0 Å². The van der Waals surface area contributed by atoms with Crippen molar-refractivity contribution in [1.29, 1.82) is 0 Å². The molecule has 0 aliphatic carbocycles. The quantitative estimate of drug-likeness (QED) is 0.536. The second-order valence-corrected chi connectivity index (χ2v) is 5.57. The lowest BCUT2D eigenvalue weighted by Crippen LogP contribution is -1.90. The monoisotopic (exact) mass is 286 g/mol. The van der Waals surface area contributed by atoms with Crippen molar-refractivity contribution in [2.24, 2.45) is 0 Å². The predicted molar refractivity (Wildman–Crippen MR) is 76.6 cm³/mol. The number of aromatic nitrogens is 4. The molecular formula is C13H7ClN4S. The standard InChI is InChI=1S/C13H7ClN4S/c14-11-6-15-7-12-16-17-13(18(11)12)10-5-8-3-1-2-4-9(8)19-10/h1-7H. The number of hydrogen-bond donors (Lipinski definition) is 0. The van der Waals surface area contributed by atoms with Crippen LogP contribution in [0, 0.1) is 0 Å². The van der Waals surface area contributed by atoms with Gasteiger partial charge in [0.25, 0.3) is 0 Å². The SMILES string of the molecule is Clc1cncc2nnc(-c3cc4ccccc4s3)n12. The van der Waals surface area contributed by atoms with Crippen LogP contribution in [0.25, 0.3) is 26.4 Å². The summed E-state index contributed by atoms with van der Waals surface area (Å²) in [4.78, 5) is 5.05. The maximum Gasteiger partial charge on any atom is 0.180 e. The fraction of sp³-hybridized carbons (Fsp3) is 0. The average Bonchev–Trinajstić information content (AvgIpc) is 3.02. The molecule has 0 aliphatic heterocycles. The first kappa shape index (κ1) is 10.9. The molecule has 0 bridgehead atoms. The van der Waals surface area contributed by atoms with Crippen LogP contribution < -0.4 is 0 Å². The minimum Gasteiger partial charge on any atom is -0.262 e. The zero-order valence-corrected chi connectivity index (χ0v) is 11.2. The fourth-order valence-corrected chi connectivity index (χ4v) is 3.33. The lowest BCUT2D eigenvalue weighted by Gasteiger charge is -1.98. The van der Waals surface area contributed by atoms with Crippen molar-refractivity contribution >= 4 is 38.7 Å². The maximum atomic E-state index is 6.18. The van der Waals surface area contributed by atoms with E-state index in [2.05, 4.69) is 33.4 Å². The molecule has 1 aromatic carbocycles. The van der Waals surface area contributed by atoms with Crippen molar-refractivity contribution in [3.63, 3.8) is 0 Å². The topological polar surface area (TPSA) is 43.1 Å². The molecule has 0 spiro atoms. The summed E-state index contributed by atoms with van der Waals surface area (Å²) in [5, 5.41) is 10.0. The van der Waals surface area contributed by atoms with Crippen LogP contribution in [0.1, 0.15) is 0 Å². The van der Waals surface area contributed by atoms with Crippen molar-refractivity contribution < 1.29 is 0 Å². The van der Waals surface area contributed by atoms with E-state index in [4.69, 9.17) is 11.6 Å². The van der Waals surface area contributed by atoms with Crippen molar-refractivity contribution in [2.75, 3.05) is 0 Å². The number of benzene rings is 1. The highest BCUT2D eigenvalue weighted by Gasteiger charge is 2.13. The van der Waals surface area contributed by atoms with Gasteiger partial charge in [0.1, 0.15) is 5.15 Å². The summed E-state index contributed by atoms with van der Waals surface area (Å²) in [6, 6.07) is 10.3. The minimum atomic E-state index is 0.509. The molecule has 3 heterocycles. The molecule has 0 atom stereocenters. The van der Waals surface area contributed by atoms with Gasteiger partial charge in [-0.1, -0.05) is 29.8 Å². The smallest absolute Gasteiger partial charge is 0.180 e. The van der Waals surface area contributed by atoms with E-state index in [0.29, 0.717) is 10.8 Å². The molecule has 6 heteroatoms. The normalized spacial score (nSPS) is 11.4. The Morgan fingerprint density at radius 2 is 2.00 bits per heavy atom. The Morgan fingerprint density at radius 3 is 2.89 bits per heavy atom. The van der Waals surface area contributed by atoms with Crippen LogP contribution in [0.2, 0.25) is 5.15 Å². The molecule has 0 saturated carbocycles. The highest BCUT2D eigenvalue weighted by atomic mass is 35.5. The van der Waals surface area contributed by atoms with Gasteiger partial charge in [-0.25, -0.2) is 0 Å². The number of hydrogen-bond acceptors (Lipinski definition) is 4. The van der Waals surface area contributed by atoms with Crippen LogP contribution in [0.15, 0.2) is 42.7 Å². The Hall–Kier alpha value is -1.98. The van der Waals surface area contributed by atoms with E-state index in [1.54, 1.807) is 28.1 Å². The summed E-state index contributed by atoms with van der Waals surface area (Å²) in [6.07, 6.45) is 3.24. The summed E-state index contributed by atoms with van der Waals surface area (Å²) >= 11 is 7.85. The number of thiophene rings is 1. The molecule has 19 heavy (non-hydrogen) atoms. The minimum absolute atomic E-state index is 0.509. The van der Waals surface area contributed by atoms with E-state index in [1.165, 1.54) is 10.1 Å². The van der Waals surface area contributed by atoms with Gasteiger partial charge >= 0.3 is 0 Å². The van der Waals surface area contributed by atoms with E-state index in [1.807, 2.05) is 12.1 Å². The van der Waals surface area contributed by atoms with Crippen LogP contribution in [0.4, 0.5) is 0 Å². The van der Waals surface area contributed by atoms with Crippen molar-refractivity contribution in [3.05, 3.63) is 47.9 Å². The first-order valence-corrected chi connectivity index (χ1v) is 6.86. The average molecular weight is 287 g/mol. The largest absolute Gasteiger partial charge is 0.262 e. The van der Waals surface area contributed by atoms with Crippen LogP contribution >= 0.6 is 22.9 Å². The predicted octanol–water partition coefficient (Wildman–Crippen LogP) is 3.66. The number of fused-ring (bicyclic) bond motifs is 2. The molecule has 92 valence electrons. The number of nitrogens with zero attached hydrogens (tertiary/aromatic N) is 4. The van der Waals surface area contributed by atoms with E-state index in [0.717, 1.165) is 10.7 Å². The highest BCUT2D eigenvalue weighted by molar-refractivity contribution is 7.22. The molecule has 0 N–H and O–H groups in total. The highest BCUT2D eigenvalue weighted by Crippen LogP contribution is 2.33. The molecule has 0 radical (unpaired) electrons. The third kappa shape index (κ3) is 1.63. The molecule has 4 nitrogen and oxygen atoms in total. The van der Waals surface area contributed by atoms with Crippen LogP contribution in [-0.4, -0.2) is 19.6 Å². The fourth-order valence-electron chi connectivity index (χ4n) is 2.07. The van der Waals surface area contributed by atoms with Crippen molar-refractivity contribution in [1.82, 2.24) is 19.6 Å². The van der Waals surface area contributed by atoms with Gasteiger partial charge in [0, 0.05) is 4.70 Å². The van der Waals surface area contributed by atoms with Gasteiger partial charge in [-0.2, -0.15) is 0 Å². The summed E-state index contributed by atoms with van der Waals surface area (Å²) in [7, 11) is 0. The Balaban J connectivity index is 2.04. The summed E-state index contributed by atoms with van der Waals surface area (Å²) < 4.78 is 3.03. The summed E-state index contributed by atoms with van der Waals surface area (Å²) in [5.74, 6) is 0.753. The van der Waals surface area contributed by atoms with Gasteiger partial charge in [-0.05, 0) is 17.5 Å². The van der Waals surface area contributed by atoms with Gasteiger partial charge < -0.3 is 0 Å². The van der Waals surface area contributed by atoms with Crippen molar-refractivity contribution in [3.8, 4) is 10.7 Å². The summed E-state index contributed by atoms with van der Waals surface area (Å²) in [6.45, 7) is 0. The van der Waals surface area contributed by atoms with E-state index in [-0.39, 0.29) is 0 Å². The second-order valence-electron chi connectivity index (χ2n) is 4.10. The lowest BCUT2D eigenvalue weighted by molar-refractivity contribution is 1.12. The van der Waals surface area contributed by atoms with Gasteiger partial charge in [0.05, 0.1) is 17.3 Å². The lowest BCUT2D eigenvalue weighted by atomic mass is 10.2. The molecule has 3 aromatic heterocycles. The molecule has 4 rings (SSSR count). The van der Waals surface area contributed by atoms with Crippen LogP contribution in [-0.2, 0) is 0 Å². The van der Waals surface area contributed by atoms with E-state index >= 15 is 0 Å². The molecule has 4 aromatic rings. The summed E-state index contributed by atoms with van der Waals surface area (Å²) in [5.41, 5.74) is 0.653. The third-order valence-electron chi connectivity index (χ3n) is 2.92. The van der Waals surface area contributed by atoms with Gasteiger partial charge in [-0.15, -0.1) is 21.5 Å². The van der Waals surface area contributed by atoms with Gasteiger partial charge in [0.15, 0.2) is 11.5 Å². The Morgan fingerprint density at radius 1 is 1.11 bits per heavy atom. The maximum absolute atomic E-state index is 6.18. The molecule has 0 aliphatic rings. The second kappa shape index (κ2) is 4.01. The molecular weight excluding hydrogens is 280 g/mol. The molecule has 0 saturated heterocycles.